The van der Waals surface area contributed by atoms with E-state index in [1.807, 2.05) is 25.1 Å². The number of thiazole rings is 1. The van der Waals surface area contributed by atoms with Gasteiger partial charge in [0.25, 0.3) is 0 Å². The number of nitrogens with one attached hydrogen (secondary N) is 1. The average Bonchev–Trinajstić information content (AvgIpc) is 2.83. The predicted molar refractivity (Wildman–Crippen MR) is 79.9 cm³/mol. The number of benzene rings is 1. The SMILES string of the molecule is COc1ccccc1CC(C)NCc1csc(C)n1. The van der Waals surface area contributed by atoms with Crippen molar-refractivity contribution < 1.29 is 4.74 Å². The van der Waals surface area contributed by atoms with Crippen LogP contribution in [0.2, 0.25) is 0 Å². The largest absolute Gasteiger partial charge is 0.496 e. The Bertz CT molecular complexity index is 524. The van der Waals surface area contributed by atoms with Crippen LogP contribution in [0.4, 0.5) is 0 Å². The summed E-state index contributed by atoms with van der Waals surface area (Å²) in [5, 5.41) is 6.73. The molecule has 0 saturated carbocycles. The van der Waals surface area contributed by atoms with Crippen LogP contribution in [0.15, 0.2) is 29.6 Å². The normalized spacial score (nSPS) is 12.4. The Labute approximate surface area is 118 Å². The predicted octanol–water partition coefficient (Wildman–Crippen LogP) is 3.18. The van der Waals surface area contributed by atoms with E-state index in [9.17, 15) is 0 Å². The molecule has 0 saturated heterocycles. The van der Waals surface area contributed by atoms with Crippen LogP contribution < -0.4 is 10.1 Å². The highest BCUT2D eigenvalue weighted by molar-refractivity contribution is 7.09. The molecule has 0 spiro atoms. The van der Waals surface area contributed by atoms with Gasteiger partial charge in [0.2, 0.25) is 0 Å². The molecule has 1 aromatic carbocycles. The van der Waals surface area contributed by atoms with Crippen molar-refractivity contribution in [3.63, 3.8) is 0 Å². The third kappa shape index (κ3) is 4.04. The molecule has 3 nitrogen and oxygen atoms in total. The quantitative estimate of drug-likeness (QED) is 0.880. The lowest BCUT2D eigenvalue weighted by Crippen LogP contribution is -2.27. The van der Waals surface area contributed by atoms with Gasteiger partial charge >= 0.3 is 0 Å². The molecule has 2 rings (SSSR count). The minimum absolute atomic E-state index is 0.387. The van der Waals surface area contributed by atoms with Crippen molar-refractivity contribution in [3.05, 3.63) is 45.9 Å². The van der Waals surface area contributed by atoms with Crippen molar-refractivity contribution in [2.75, 3.05) is 7.11 Å². The maximum absolute atomic E-state index is 5.37. The second-order valence-electron chi connectivity index (χ2n) is 4.66. The van der Waals surface area contributed by atoms with Crippen LogP contribution in [0, 0.1) is 6.92 Å². The Morgan fingerprint density at radius 1 is 1.37 bits per heavy atom. The Kier molecular flexibility index (Phi) is 4.93. The molecule has 0 amide bonds. The highest BCUT2D eigenvalue weighted by Gasteiger charge is 2.08. The molecule has 1 N–H and O–H groups in total. The number of ether oxygens (including phenoxy) is 1. The molecule has 19 heavy (non-hydrogen) atoms. The molecule has 0 aliphatic carbocycles. The monoisotopic (exact) mass is 276 g/mol. The molecule has 1 atom stereocenters. The Morgan fingerprint density at radius 2 is 2.16 bits per heavy atom. The van der Waals surface area contributed by atoms with Crippen LogP contribution in [0.5, 0.6) is 5.75 Å². The summed E-state index contributed by atoms with van der Waals surface area (Å²) in [5.74, 6) is 0.959. The first kappa shape index (κ1) is 14.0. The Balaban J connectivity index is 1.88. The standard InChI is InChI=1S/C15H20N2OS/c1-11(16-9-14-10-19-12(2)17-14)8-13-6-4-5-7-15(13)18-3/h4-7,10-11,16H,8-9H2,1-3H3. The number of methoxy groups -OCH3 is 1. The van der Waals surface area contributed by atoms with E-state index in [4.69, 9.17) is 4.74 Å². The van der Waals surface area contributed by atoms with Gasteiger partial charge in [0.1, 0.15) is 5.75 Å². The number of para-hydroxylation sites is 1. The first-order valence-electron chi connectivity index (χ1n) is 6.45. The third-order valence-electron chi connectivity index (χ3n) is 3.02. The lowest BCUT2D eigenvalue weighted by molar-refractivity contribution is 0.406. The molecule has 1 heterocycles. The van der Waals surface area contributed by atoms with Crippen molar-refractivity contribution in [1.29, 1.82) is 0 Å². The number of nitrogens with zero attached hydrogens (tertiary/aromatic N) is 1. The average molecular weight is 276 g/mol. The van der Waals surface area contributed by atoms with Crippen LogP contribution in [0.25, 0.3) is 0 Å². The molecule has 2 aromatic rings. The molecule has 102 valence electrons. The van der Waals surface area contributed by atoms with Crippen molar-refractivity contribution in [2.24, 2.45) is 0 Å². The van der Waals surface area contributed by atoms with Gasteiger partial charge in [-0.1, -0.05) is 18.2 Å². The minimum atomic E-state index is 0.387. The van der Waals surface area contributed by atoms with Crippen LogP contribution >= 0.6 is 11.3 Å². The fourth-order valence-corrected chi connectivity index (χ4v) is 2.65. The highest BCUT2D eigenvalue weighted by atomic mass is 32.1. The summed E-state index contributed by atoms with van der Waals surface area (Å²) in [6.45, 7) is 5.04. The molecule has 0 bridgehead atoms. The van der Waals surface area contributed by atoms with Gasteiger partial charge in [-0.3, -0.25) is 0 Å². The highest BCUT2D eigenvalue weighted by Crippen LogP contribution is 2.19. The first-order chi connectivity index (χ1) is 9.19. The van der Waals surface area contributed by atoms with E-state index in [0.29, 0.717) is 6.04 Å². The van der Waals surface area contributed by atoms with Crippen LogP contribution in [-0.2, 0) is 13.0 Å². The van der Waals surface area contributed by atoms with Crippen LogP contribution in [0.1, 0.15) is 23.2 Å². The van der Waals surface area contributed by atoms with Gasteiger partial charge in [-0.05, 0) is 31.9 Å². The maximum Gasteiger partial charge on any atom is 0.122 e. The first-order valence-corrected chi connectivity index (χ1v) is 7.33. The van der Waals surface area contributed by atoms with E-state index in [0.717, 1.165) is 29.4 Å². The molecule has 0 radical (unpaired) electrons. The van der Waals surface area contributed by atoms with Gasteiger partial charge in [0, 0.05) is 18.0 Å². The topological polar surface area (TPSA) is 34.1 Å². The van der Waals surface area contributed by atoms with Crippen molar-refractivity contribution in [2.45, 2.75) is 32.9 Å². The van der Waals surface area contributed by atoms with E-state index in [1.54, 1.807) is 18.4 Å². The molecule has 4 heteroatoms. The summed E-state index contributed by atoms with van der Waals surface area (Å²) < 4.78 is 5.37. The van der Waals surface area contributed by atoms with E-state index in [-0.39, 0.29) is 0 Å². The van der Waals surface area contributed by atoms with E-state index < -0.39 is 0 Å². The van der Waals surface area contributed by atoms with Crippen molar-refractivity contribution in [1.82, 2.24) is 10.3 Å². The Morgan fingerprint density at radius 3 is 2.84 bits per heavy atom. The lowest BCUT2D eigenvalue weighted by Gasteiger charge is -2.15. The summed E-state index contributed by atoms with van der Waals surface area (Å²) in [6.07, 6.45) is 0.952. The number of rotatable bonds is 6. The van der Waals surface area contributed by atoms with Crippen LogP contribution in [-0.4, -0.2) is 18.1 Å². The zero-order valence-corrected chi connectivity index (χ0v) is 12.5. The molecular formula is C15H20N2OS. The summed E-state index contributed by atoms with van der Waals surface area (Å²) in [6, 6.07) is 8.56. The molecule has 0 aliphatic heterocycles. The molecule has 1 unspecified atom stereocenters. The fraction of sp³-hybridized carbons (Fsp3) is 0.400. The second-order valence-corrected chi connectivity index (χ2v) is 5.72. The smallest absolute Gasteiger partial charge is 0.122 e. The van der Waals surface area contributed by atoms with Crippen molar-refractivity contribution in [3.8, 4) is 5.75 Å². The van der Waals surface area contributed by atoms with Gasteiger partial charge in [-0.15, -0.1) is 11.3 Å². The second kappa shape index (κ2) is 6.68. The summed E-state index contributed by atoms with van der Waals surface area (Å²) >= 11 is 1.70. The number of aryl methyl sites for hydroxylation is 1. The molecule has 0 aliphatic rings. The van der Waals surface area contributed by atoms with Gasteiger partial charge in [0.05, 0.1) is 17.8 Å². The van der Waals surface area contributed by atoms with E-state index in [2.05, 4.69) is 28.7 Å². The Hall–Kier alpha value is -1.39. The minimum Gasteiger partial charge on any atom is -0.496 e. The zero-order valence-electron chi connectivity index (χ0n) is 11.6. The summed E-state index contributed by atoms with van der Waals surface area (Å²) in [4.78, 5) is 4.45. The van der Waals surface area contributed by atoms with E-state index in [1.165, 1.54) is 5.56 Å². The van der Waals surface area contributed by atoms with Gasteiger partial charge < -0.3 is 10.1 Å². The van der Waals surface area contributed by atoms with Gasteiger partial charge in [-0.25, -0.2) is 4.98 Å². The summed E-state index contributed by atoms with van der Waals surface area (Å²) in [7, 11) is 1.72. The number of aromatic nitrogens is 1. The molecule has 0 fully saturated rings. The van der Waals surface area contributed by atoms with Gasteiger partial charge in [-0.2, -0.15) is 0 Å². The number of hydrogen-bond acceptors (Lipinski definition) is 4. The summed E-state index contributed by atoms with van der Waals surface area (Å²) in [5.41, 5.74) is 2.36. The number of hydrogen-bond donors (Lipinski definition) is 1. The fourth-order valence-electron chi connectivity index (χ4n) is 2.04. The third-order valence-corrected chi connectivity index (χ3v) is 3.84. The van der Waals surface area contributed by atoms with Gasteiger partial charge in [0.15, 0.2) is 0 Å². The molecular weight excluding hydrogens is 256 g/mol. The van der Waals surface area contributed by atoms with Crippen LogP contribution in [0.3, 0.4) is 0 Å². The zero-order chi connectivity index (χ0) is 13.7. The van der Waals surface area contributed by atoms with Crippen molar-refractivity contribution >= 4 is 11.3 Å². The molecule has 1 aromatic heterocycles. The maximum atomic E-state index is 5.37. The van der Waals surface area contributed by atoms with E-state index >= 15 is 0 Å². The lowest BCUT2D eigenvalue weighted by atomic mass is 10.1.